The topological polar surface area (TPSA) is 46.6 Å². The first kappa shape index (κ1) is 12.7. The van der Waals surface area contributed by atoms with Gasteiger partial charge in [0.05, 0.1) is 13.0 Å². The third-order valence-corrected chi connectivity index (χ3v) is 6.24. The predicted octanol–water partition coefficient (Wildman–Crippen LogP) is 1.98. The molecule has 4 aliphatic carbocycles. The lowest BCUT2D eigenvalue weighted by molar-refractivity contribution is -0.146. The molecule has 110 valence electrons. The van der Waals surface area contributed by atoms with Crippen LogP contribution in [0.4, 0.5) is 0 Å². The van der Waals surface area contributed by atoms with E-state index in [1.165, 1.54) is 45.6 Å². The minimum absolute atomic E-state index is 0.0919. The van der Waals surface area contributed by atoms with Gasteiger partial charge in [-0.2, -0.15) is 0 Å². The summed E-state index contributed by atoms with van der Waals surface area (Å²) >= 11 is 0. The monoisotopic (exact) mass is 277 g/mol. The number of carbonyl (C=O) groups is 2. The van der Waals surface area contributed by atoms with E-state index >= 15 is 0 Å². The normalized spacial score (nSPS) is 46.0. The zero-order valence-electron chi connectivity index (χ0n) is 12.1. The molecule has 0 unspecified atom stereocenters. The molecule has 1 saturated heterocycles. The lowest BCUT2D eigenvalue weighted by Crippen LogP contribution is -2.60. The van der Waals surface area contributed by atoms with Crippen molar-refractivity contribution in [3.05, 3.63) is 0 Å². The van der Waals surface area contributed by atoms with E-state index < -0.39 is 0 Å². The first-order valence-electron chi connectivity index (χ1n) is 7.98. The highest BCUT2D eigenvalue weighted by molar-refractivity contribution is 5.87. The summed E-state index contributed by atoms with van der Waals surface area (Å²) in [5.74, 6) is 2.21. The van der Waals surface area contributed by atoms with Gasteiger partial charge in [-0.3, -0.25) is 9.59 Å². The Bertz CT molecular complexity index is 423. The van der Waals surface area contributed by atoms with Gasteiger partial charge in [-0.15, -0.1) is 0 Å². The van der Waals surface area contributed by atoms with Crippen molar-refractivity contribution in [1.82, 2.24) is 4.90 Å². The number of amides is 1. The van der Waals surface area contributed by atoms with Gasteiger partial charge in [-0.25, -0.2) is 0 Å². The van der Waals surface area contributed by atoms with Crippen LogP contribution in [0, 0.1) is 23.7 Å². The molecule has 4 saturated carbocycles. The van der Waals surface area contributed by atoms with E-state index in [-0.39, 0.29) is 23.3 Å². The summed E-state index contributed by atoms with van der Waals surface area (Å²) in [6, 6.07) is 0. The summed E-state index contributed by atoms with van der Waals surface area (Å²) in [7, 11) is 1.42. The lowest BCUT2D eigenvalue weighted by atomic mass is 9.52. The number of methoxy groups -OCH3 is 1. The lowest BCUT2D eigenvalue weighted by Gasteiger charge is -2.59. The average Bonchev–Trinajstić information content (AvgIpc) is 2.79. The summed E-state index contributed by atoms with van der Waals surface area (Å²) in [5.41, 5.74) is 0.0919. The molecule has 5 fully saturated rings. The highest BCUT2D eigenvalue weighted by atomic mass is 16.5. The molecule has 1 aliphatic heterocycles. The van der Waals surface area contributed by atoms with Crippen LogP contribution in [0.25, 0.3) is 0 Å². The van der Waals surface area contributed by atoms with E-state index in [1.54, 1.807) is 0 Å². The molecule has 4 bridgehead atoms. The van der Waals surface area contributed by atoms with Crippen molar-refractivity contribution in [2.24, 2.45) is 23.7 Å². The van der Waals surface area contributed by atoms with E-state index in [1.807, 2.05) is 0 Å². The van der Waals surface area contributed by atoms with Crippen molar-refractivity contribution in [3.63, 3.8) is 0 Å². The standard InChI is InChI=1S/C16H23NO3/c1-20-15(19)13-5-14(18)17(9-13)16-6-10-2-11(7-16)4-12(3-10)8-16/h10-13H,2-9H2,1H3/t10?,11?,12?,13-,16?/m1/s1. The van der Waals surface area contributed by atoms with Gasteiger partial charge in [0.1, 0.15) is 0 Å². The number of likely N-dealkylation sites (tertiary alicyclic amines) is 1. The van der Waals surface area contributed by atoms with E-state index in [0.717, 1.165) is 17.8 Å². The summed E-state index contributed by atoms with van der Waals surface area (Å²) in [4.78, 5) is 26.3. The van der Waals surface area contributed by atoms with Gasteiger partial charge in [0.25, 0.3) is 0 Å². The van der Waals surface area contributed by atoms with Gasteiger partial charge in [0.2, 0.25) is 5.91 Å². The Balaban J connectivity index is 1.58. The maximum absolute atomic E-state index is 12.4. The van der Waals surface area contributed by atoms with Crippen LogP contribution < -0.4 is 0 Å². The average molecular weight is 277 g/mol. The highest BCUT2D eigenvalue weighted by Gasteiger charge is 2.56. The van der Waals surface area contributed by atoms with Crippen LogP contribution in [-0.4, -0.2) is 36.0 Å². The molecule has 5 rings (SSSR count). The first-order valence-corrected chi connectivity index (χ1v) is 7.98. The summed E-state index contributed by atoms with van der Waals surface area (Å²) in [5, 5.41) is 0. The summed E-state index contributed by atoms with van der Waals surface area (Å²) < 4.78 is 4.83. The minimum atomic E-state index is -0.236. The molecule has 0 N–H and O–H groups in total. The number of ether oxygens (including phenoxy) is 1. The fraction of sp³-hybridized carbons (Fsp3) is 0.875. The molecular weight excluding hydrogens is 254 g/mol. The third kappa shape index (κ3) is 1.73. The Morgan fingerprint density at radius 2 is 1.70 bits per heavy atom. The van der Waals surface area contributed by atoms with Crippen LogP contribution in [0.3, 0.4) is 0 Å². The molecule has 5 aliphatic rings. The molecule has 20 heavy (non-hydrogen) atoms. The second-order valence-electron chi connectivity index (χ2n) is 7.57. The summed E-state index contributed by atoms with van der Waals surface area (Å²) in [6.07, 6.45) is 8.02. The number of esters is 1. The zero-order valence-corrected chi connectivity index (χ0v) is 12.1. The number of rotatable bonds is 2. The molecule has 4 nitrogen and oxygen atoms in total. The van der Waals surface area contributed by atoms with Gasteiger partial charge < -0.3 is 9.64 Å². The Morgan fingerprint density at radius 3 is 2.20 bits per heavy atom. The fourth-order valence-electron chi connectivity index (χ4n) is 5.89. The van der Waals surface area contributed by atoms with Crippen LogP contribution in [0.1, 0.15) is 44.9 Å². The van der Waals surface area contributed by atoms with Gasteiger partial charge >= 0.3 is 5.97 Å². The van der Waals surface area contributed by atoms with Crippen LogP contribution in [-0.2, 0) is 14.3 Å². The Labute approximate surface area is 119 Å². The van der Waals surface area contributed by atoms with Gasteiger partial charge in [-0.1, -0.05) is 0 Å². The predicted molar refractivity (Wildman–Crippen MR) is 72.7 cm³/mol. The van der Waals surface area contributed by atoms with Crippen molar-refractivity contribution in [3.8, 4) is 0 Å². The second kappa shape index (κ2) is 4.22. The first-order chi connectivity index (χ1) is 9.59. The van der Waals surface area contributed by atoms with Gasteiger partial charge in [-0.05, 0) is 56.3 Å². The molecular formula is C16H23NO3. The maximum Gasteiger partial charge on any atom is 0.310 e. The van der Waals surface area contributed by atoms with Gasteiger partial charge in [0, 0.05) is 18.5 Å². The minimum Gasteiger partial charge on any atom is -0.469 e. The molecule has 0 radical (unpaired) electrons. The molecule has 0 aromatic rings. The van der Waals surface area contributed by atoms with Crippen LogP contribution in [0.2, 0.25) is 0 Å². The smallest absolute Gasteiger partial charge is 0.310 e. The largest absolute Gasteiger partial charge is 0.469 e. The maximum atomic E-state index is 12.4. The number of carbonyl (C=O) groups excluding carboxylic acids is 2. The molecule has 0 aromatic carbocycles. The molecule has 1 amide bonds. The van der Waals surface area contributed by atoms with E-state index in [4.69, 9.17) is 4.74 Å². The Hall–Kier alpha value is -1.06. The van der Waals surface area contributed by atoms with E-state index in [2.05, 4.69) is 4.90 Å². The van der Waals surface area contributed by atoms with Crippen molar-refractivity contribution in [2.45, 2.75) is 50.5 Å². The highest BCUT2D eigenvalue weighted by Crippen LogP contribution is 2.58. The molecule has 4 heteroatoms. The van der Waals surface area contributed by atoms with Gasteiger partial charge in [0.15, 0.2) is 0 Å². The SMILES string of the molecule is COC(=O)[C@@H]1CC(=O)N(C23CC4CC(CC(C4)C2)C3)C1. The second-order valence-corrected chi connectivity index (χ2v) is 7.57. The van der Waals surface area contributed by atoms with Crippen molar-refractivity contribution in [2.75, 3.05) is 13.7 Å². The Kier molecular flexibility index (Phi) is 2.67. The van der Waals surface area contributed by atoms with Crippen LogP contribution in [0.5, 0.6) is 0 Å². The molecule has 0 spiro atoms. The molecule has 0 aromatic heterocycles. The fourth-order valence-corrected chi connectivity index (χ4v) is 5.89. The van der Waals surface area contributed by atoms with Crippen LogP contribution >= 0.6 is 0 Å². The van der Waals surface area contributed by atoms with Crippen LogP contribution in [0.15, 0.2) is 0 Å². The molecule has 1 atom stereocenters. The van der Waals surface area contributed by atoms with Crippen molar-refractivity contribution < 1.29 is 14.3 Å². The summed E-state index contributed by atoms with van der Waals surface area (Å²) in [6.45, 7) is 0.595. The number of nitrogens with zero attached hydrogens (tertiary/aromatic N) is 1. The van der Waals surface area contributed by atoms with E-state index in [9.17, 15) is 9.59 Å². The quantitative estimate of drug-likeness (QED) is 0.725. The Morgan fingerprint density at radius 1 is 1.15 bits per heavy atom. The van der Waals surface area contributed by atoms with Crippen molar-refractivity contribution >= 4 is 11.9 Å². The number of hydrogen-bond donors (Lipinski definition) is 0. The number of hydrogen-bond acceptors (Lipinski definition) is 3. The van der Waals surface area contributed by atoms with Crippen molar-refractivity contribution in [1.29, 1.82) is 0 Å². The zero-order chi connectivity index (χ0) is 13.9. The molecule has 1 heterocycles. The third-order valence-electron chi connectivity index (χ3n) is 6.24. The van der Waals surface area contributed by atoms with E-state index in [0.29, 0.717) is 13.0 Å².